The number of halogens is 1. The average Bonchev–Trinajstić information content (AvgIpc) is 3.11. The first-order chi connectivity index (χ1) is 12.2. The van der Waals surface area contributed by atoms with E-state index in [1.54, 1.807) is 12.1 Å². The van der Waals surface area contributed by atoms with Crippen molar-refractivity contribution in [3.63, 3.8) is 0 Å². The molecule has 0 aliphatic rings. The molecule has 1 atom stereocenters. The number of unbranched alkanes of at least 4 members (excludes halogenated alkanes) is 1. The number of nitrogens with zero attached hydrogens (tertiary/aromatic N) is 2. The van der Waals surface area contributed by atoms with Gasteiger partial charge in [-0.15, -0.1) is 5.10 Å². The highest BCUT2D eigenvalue weighted by Gasteiger charge is 2.18. The predicted molar refractivity (Wildman–Crippen MR) is 97.0 cm³/mol. The minimum atomic E-state index is -0.253. The van der Waals surface area contributed by atoms with Crippen molar-refractivity contribution < 1.29 is 8.81 Å². The lowest BCUT2D eigenvalue weighted by atomic mass is 9.97. The van der Waals surface area contributed by atoms with Gasteiger partial charge in [0.25, 0.3) is 0 Å². The lowest BCUT2D eigenvalue weighted by Gasteiger charge is -2.10. The molecule has 4 nitrogen and oxygen atoms in total. The van der Waals surface area contributed by atoms with Crippen LogP contribution in [0, 0.1) is 5.82 Å². The Balaban J connectivity index is 1.76. The van der Waals surface area contributed by atoms with Crippen LogP contribution in [-0.2, 0) is 0 Å². The van der Waals surface area contributed by atoms with Crippen LogP contribution in [0.1, 0.15) is 44.1 Å². The third-order valence-electron chi connectivity index (χ3n) is 4.20. The number of anilines is 1. The molecule has 0 saturated heterocycles. The fourth-order valence-corrected chi connectivity index (χ4v) is 2.65. The van der Waals surface area contributed by atoms with Crippen molar-refractivity contribution in [1.29, 1.82) is 0 Å². The summed E-state index contributed by atoms with van der Waals surface area (Å²) in [5.41, 5.74) is 2.25. The van der Waals surface area contributed by atoms with Crippen LogP contribution < -0.4 is 5.32 Å². The zero-order chi connectivity index (χ0) is 17.6. The first-order valence-corrected chi connectivity index (χ1v) is 8.61. The summed E-state index contributed by atoms with van der Waals surface area (Å²) in [6.07, 6.45) is 2.14. The Morgan fingerprint density at radius 3 is 2.64 bits per heavy atom. The van der Waals surface area contributed by atoms with E-state index in [1.165, 1.54) is 0 Å². The van der Waals surface area contributed by atoms with E-state index in [0.29, 0.717) is 17.5 Å². The van der Waals surface area contributed by atoms with Crippen LogP contribution in [0.4, 0.5) is 10.4 Å². The number of nitrogens with one attached hydrogen (secondary N) is 1. The lowest BCUT2D eigenvalue weighted by molar-refractivity contribution is 0.488. The summed E-state index contributed by atoms with van der Waals surface area (Å²) in [4.78, 5) is 0. The van der Waals surface area contributed by atoms with Gasteiger partial charge in [-0.25, -0.2) is 4.39 Å². The monoisotopic (exact) mass is 339 g/mol. The maximum absolute atomic E-state index is 14.5. The molecule has 0 saturated carbocycles. The van der Waals surface area contributed by atoms with Crippen LogP contribution in [0.15, 0.2) is 52.9 Å². The van der Waals surface area contributed by atoms with Crippen LogP contribution in [0.3, 0.4) is 0 Å². The zero-order valence-electron chi connectivity index (χ0n) is 14.5. The Hall–Kier alpha value is -2.69. The largest absolute Gasteiger partial charge is 0.407 e. The maximum Gasteiger partial charge on any atom is 0.315 e. The number of aromatic nitrogens is 2. The number of hydrogen-bond acceptors (Lipinski definition) is 4. The van der Waals surface area contributed by atoms with E-state index in [4.69, 9.17) is 4.42 Å². The van der Waals surface area contributed by atoms with Crippen molar-refractivity contribution in [3.05, 3.63) is 65.8 Å². The third-order valence-corrected chi connectivity index (χ3v) is 4.20. The molecule has 0 fully saturated rings. The molecular formula is C20H22FN3O. The van der Waals surface area contributed by atoms with Crippen molar-refractivity contribution in [2.75, 3.05) is 11.9 Å². The summed E-state index contributed by atoms with van der Waals surface area (Å²) in [5.74, 6) is 0.0516. The first-order valence-electron chi connectivity index (χ1n) is 8.61. The first kappa shape index (κ1) is 17.1. The molecule has 25 heavy (non-hydrogen) atoms. The molecule has 1 heterocycles. The smallest absolute Gasteiger partial charge is 0.315 e. The van der Waals surface area contributed by atoms with Crippen LogP contribution in [0.2, 0.25) is 0 Å². The number of rotatable bonds is 7. The van der Waals surface area contributed by atoms with Gasteiger partial charge in [-0.1, -0.05) is 60.9 Å². The number of hydrogen-bond donors (Lipinski definition) is 1. The minimum Gasteiger partial charge on any atom is -0.407 e. The maximum atomic E-state index is 14.5. The molecule has 130 valence electrons. The fourth-order valence-electron chi connectivity index (χ4n) is 2.65. The van der Waals surface area contributed by atoms with Gasteiger partial charge in [0.2, 0.25) is 5.89 Å². The molecule has 1 N–H and O–H groups in total. The molecule has 5 heteroatoms. The molecule has 1 unspecified atom stereocenters. The summed E-state index contributed by atoms with van der Waals surface area (Å²) in [6, 6.07) is 15.2. The van der Waals surface area contributed by atoms with Gasteiger partial charge in [0.05, 0.1) is 5.92 Å². The molecule has 0 amide bonds. The van der Waals surface area contributed by atoms with E-state index in [0.717, 1.165) is 30.5 Å². The van der Waals surface area contributed by atoms with E-state index in [2.05, 4.69) is 22.4 Å². The van der Waals surface area contributed by atoms with Gasteiger partial charge in [0, 0.05) is 12.1 Å². The highest BCUT2D eigenvalue weighted by Crippen LogP contribution is 2.29. The lowest BCUT2D eigenvalue weighted by Crippen LogP contribution is -2.00. The van der Waals surface area contributed by atoms with Crippen LogP contribution in [0.25, 0.3) is 11.1 Å². The third kappa shape index (κ3) is 4.05. The molecule has 0 radical (unpaired) electrons. The van der Waals surface area contributed by atoms with Gasteiger partial charge >= 0.3 is 6.01 Å². The molecule has 2 aromatic carbocycles. The van der Waals surface area contributed by atoms with Gasteiger partial charge in [-0.3, -0.25) is 0 Å². The normalized spacial score (nSPS) is 12.1. The Kier molecular flexibility index (Phi) is 5.43. The van der Waals surface area contributed by atoms with Crippen LogP contribution >= 0.6 is 0 Å². The van der Waals surface area contributed by atoms with Crippen molar-refractivity contribution in [1.82, 2.24) is 10.2 Å². The SMILES string of the molecule is CCCCNc1nnc(C(C)c2ccc(-c3ccccc3)c(F)c2)o1. The van der Waals surface area contributed by atoms with E-state index >= 15 is 0 Å². The quantitative estimate of drug-likeness (QED) is 0.598. The second kappa shape index (κ2) is 7.92. The summed E-state index contributed by atoms with van der Waals surface area (Å²) in [7, 11) is 0. The highest BCUT2D eigenvalue weighted by molar-refractivity contribution is 5.64. The molecular weight excluding hydrogens is 317 g/mol. The zero-order valence-corrected chi connectivity index (χ0v) is 14.5. The summed E-state index contributed by atoms with van der Waals surface area (Å²) in [6.45, 7) is 4.85. The molecule has 0 spiro atoms. The molecule has 3 rings (SSSR count). The van der Waals surface area contributed by atoms with Crippen LogP contribution in [0.5, 0.6) is 0 Å². The van der Waals surface area contributed by atoms with E-state index in [-0.39, 0.29) is 11.7 Å². The van der Waals surface area contributed by atoms with Crippen molar-refractivity contribution >= 4 is 6.01 Å². The summed E-state index contributed by atoms with van der Waals surface area (Å²) >= 11 is 0. The Bertz CT molecular complexity index is 817. The van der Waals surface area contributed by atoms with E-state index in [9.17, 15) is 4.39 Å². The Morgan fingerprint density at radius 2 is 1.92 bits per heavy atom. The predicted octanol–water partition coefficient (Wildman–Crippen LogP) is 5.24. The summed E-state index contributed by atoms with van der Waals surface area (Å²) < 4.78 is 20.2. The van der Waals surface area contributed by atoms with E-state index < -0.39 is 0 Å². The minimum absolute atomic E-state index is 0.173. The second-order valence-electron chi connectivity index (χ2n) is 6.05. The van der Waals surface area contributed by atoms with Crippen molar-refractivity contribution in [3.8, 4) is 11.1 Å². The van der Waals surface area contributed by atoms with Crippen LogP contribution in [-0.4, -0.2) is 16.7 Å². The number of benzene rings is 2. The van der Waals surface area contributed by atoms with Crippen molar-refractivity contribution in [2.45, 2.75) is 32.6 Å². The molecule has 3 aromatic rings. The van der Waals surface area contributed by atoms with Gasteiger partial charge in [0.15, 0.2) is 0 Å². The molecule has 0 aliphatic carbocycles. The fraction of sp³-hybridized carbons (Fsp3) is 0.300. The topological polar surface area (TPSA) is 51.0 Å². The molecule has 0 aliphatic heterocycles. The van der Waals surface area contributed by atoms with Gasteiger partial charge in [-0.05, 0) is 30.5 Å². The van der Waals surface area contributed by atoms with Gasteiger partial charge < -0.3 is 9.73 Å². The van der Waals surface area contributed by atoms with Crippen molar-refractivity contribution in [2.24, 2.45) is 0 Å². The van der Waals surface area contributed by atoms with Gasteiger partial charge in [0.1, 0.15) is 5.82 Å². The second-order valence-corrected chi connectivity index (χ2v) is 6.05. The average molecular weight is 339 g/mol. The Labute approximate surface area is 147 Å². The highest BCUT2D eigenvalue weighted by atomic mass is 19.1. The summed E-state index contributed by atoms with van der Waals surface area (Å²) in [5, 5.41) is 11.2. The molecule has 1 aromatic heterocycles. The Morgan fingerprint density at radius 1 is 1.12 bits per heavy atom. The van der Waals surface area contributed by atoms with E-state index in [1.807, 2.05) is 43.3 Å². The standard InChI is InChI=1S/C20H22FN3O/c1-3-4-12-22-20-24-23-19(25-20)14(2)16-10-11-17(18(21)13-16)15-8-6-5-7-9-15/h5-11,13-14H,3-4,12H2,1-2H3,(H,22,24). The van der Waals surface area contributed by atoms with Gasteiger partial charge in [-0.2, -0.15) is 0 Å². The molecule has 0 bridgehead atoms.